The molecule has 0 aromatic carbocycles. The quantitative estimate of drug-likeness (QED) is 0.913. The Morgan fingerprint density at radius 1 is 1.33 bits per heavy atom. The van der Waals surface area contributed by atoms with Crippen molar-refractivity contribution < 1.29 is 0 Å². The Morgan fingerprint density at radius 3 is 2.67 bits per heavy atom. The standard InChI is InChI=1S/C18H31N3/c1-12(2)19-11-17-14(4)10-15(5)20-18(17)21-8-7-13(3)9-16(21)6/h10,12-13,16,19H,7-9,11H2,1-6H3. The number of hydrogen-bond donors (Lipinski definition) is 1. The number of aromatic nitrogens is 1. The van der Waals surface area contributed by atoms with Gasteiger partial charge in [0.05, 0.1) is 0 Å². The van der Waals surface area contributed by atoms with Gasteiger partial charge in [-0.3, -0.25) is 0 Å². The van der Waals surface area contributed by atoms with Crippen LogP contribution in [0.4, 0.5) is 5.82 Å². The molecule has 2 unspecified atom stereocenters. The lowest BCUT2D eigenvalue weighted by Gasteiger charge is -2.39. The first-order chi connectivity index (χ1) is 9.88. The van der Waals surface area contributed by atoms with E-state index in [2.05, 4.69) is 57.8 Å². The minimum atomic E-state index is 0.498. The highest BCUT2D eigenvalue weighted by Gasteiger charge is 2.26. The minimum absolute atomic E-state index is 0.498. The molecule has 1 aromatic heterocycles. The maximum atomic E-state index is 4.90. The summed E-state index contributed by atoms with van der Waals surface area (Å²) in [5.41, 5.74) is 3.86. The number of pyridine rings is 1. The second-order valence-electron chi connectivity index (χ2n) is 7.09. The molecule has 0 aliphatic carbocycles. The summed E-state index contributed by atoms with van der Waals surface area (Å²) in [6.07, 6.45) is 2.54. The molecule has 0 spiro atoms. The maximum Gasteiger partial charge on any atom is 0.133 e. The van der Waals surface area contributed by atoms with Crippen LogP contribution in [0.2, 0.25) is 0 Å². The fraction of sp³-hybridized carbons (Fsp3) is 0.722. The zero-order valence-electron chi connectivity index (χ0n) is 14.5. The summed E-state index contributed by atoms with van der Waals surface area (Å²) in [5, 5.41) is 3.56. The summed E-state index contributed by atoms with van der Waals surface area (Å²) in [7, 11) is 0. The van der Waals surface area contributed by atoms with Crippen LogP contribution in [-0.4, -0.2) is 23.6 Å². The third-order valence-corrected chi connectivity index (χ3v) is 4.55. The molecule has 0 amide bonds. The van der Waals surface area contributed by atoms with Crippen molar-refractivity contribution in [1.29, 1.82) is 0 Å². The summed E-state index contributed by atoms with van der Waals surface area (Å²) in [6.45, 7) is 15.5. The molecule has 1 aliphatic heterocycles. The van der Waals surface area contributed by atoms with Gasteiger partial charge in [-0.25, -0.2) is 4.98 Å². The van der Waals surface area contributed by atoms with E-state index in [0.29, 0.717) is 12.1 Å². The molecule has 118 valence electrons. The number of piperidine rings is 1. The molecule has 0 saturated carbocycles. The number of nitrogens with zero attached hydrogens (tertiary/aromatic N) is 2. The molecule has 3 nitrogen and oxygen atoms in total. The van der Waals surface area contributed by atoms with Crippen LogP contribution in [0.25, 0.3) is 0 Å². The van der Waals surface area contributed by atoms with Gasteiger partial charge in [-0.05, 0) is 51.2 Å². The minimum Gasteiger partial charge on any atom is -0.354 e. The third-order valence-electron chi connectivity index (χ3n) is 4.55. The number of aryl methyl sites for hydroxylation is 2. The van der Waals surface area contributed by atoms with Gasteiger partial charge in [0.1, 0.15) is 5.82 Å². The molecule has 21 heavy (non-hydrogen) atoms. The van der Waals surface area contributed by atoms with E-state index >= 15 is 0 Å². The largest absolute Gasteiger partial charge is 0.354 e. The van der Waals surface area contributed by atoms with Crippen molar-refractivity contribution >= 4 is 5.82 Å². The smallest absolute Gasteiger partial charge is 0.133 e. The second kappa shape index (κ2) is 6.78. The lowest BCUT2D eigenvalue weighted by Crippen LogP contribution is -2.41. The Labute approximate surface area is 130 Å². The topological polar surface area (TPSA) is 28.2 Å². The van der Waals surface area contributed by atoms with Crippen LogP contribution >= 0.6 is 0 Å². The van der Waals surface area contributed by atoms with Gasteiger partial charge < -0.3 is 10.2 Å². The van der Waals surface area contributed by atoms with Crippen molar-refractivity contribution in [3.8, 4) is 0 Å². The monoisotopic (exact) mass is 289 g/mol. The molecule has 1 aromatic rings. The Hall–Kier alpha value is -1.09. The number of anilines is 1. The van der Waals surface area contributed by atoms with Gasteiger partial charge in [0.15, 0.2) is 0 Å². The van der Waals surface area contributed by atoms with Crippen LogP contribution < -0.4 is 10.2 Å². The number of hydrogen-bond acceptors (Lipinski definition) is 3. The first-order valence-corrected chi connectivity index (χ1v) is 8.35. The van der Waals surface area contributed by atoms with E-state index in [-0.39, 0.29) is 0 Å². The van der Waals surface area contributed by atoms with Gasteiger partial charge in [0.2, 0.25) is 0 Å². The summed E-state index contributed by atoms with van der Waals surface area (Å²) >= 11 is 0. The molecule has 1 fully saturated rings. The zero-order chi connectivity index (χ0) is 15.6. The molecule has 1 saturated heterocycles. The Bertz CT molecular complexity index is 482. The third kappa shape index (κ3) is 3.97. The van der Waals surface area contributed by atoms with Gasteiger partial charge >= 0.3 is 0 Å². The highest BCUT2D eigenvalue weighted by Crippen LogP contribution is 2.30. The van der Waals surface area contributed by atoms with Crippen LogP contribution in [0.3, 0.4) is 0 Å². The lowest BCUT2D eigenvalue weighted by atomic mass is 9.92. The molecular formula is C18H31N3. The summed E-state index contributed by atoms with van der Waals surface area (Å²) in [5.74, 6) is 2.04. The van der Waals surface area contributed by atoms with Crippen molar-refractivity contribution in [2.24, 2.45) is 5.92 Å². The van der Waals surface area contributed by atoms with Crippen LogP contribution in [0.5, 0.6) is 0 Å². The predicted octanol–water partition coefficient (Wildman–Crippen LogP) is 3.82. The Balaban J connectivity index is 2.32. The van der Waals surface area contributed by atoms with Crippen LogP contribution in [0, 0.1) is 19.8 Å². The molecule has 2 rings (SSSR count). The highest BCUT2D eigenvalue weighted by atomic mass is 15.2. The van der Waals surface area contributed by atoms with E-state index in [1.165, 1.54) is 29.8 Å². The van der Waals surface area contributed by atoms with Crippen LogP contribution in [-0.2, 0) is 6.54 Å². The molecule has 1 aliphatic rings. The molecule has 3 heteroatoms. The molecule has 2 atom stereocenters. The zero-order valence-corrected chi connectivity index (χ0v) is 14.5. The van der Waals surface area contributed by atoms with Crippen LogP contribution in [0.15, 0.2) is 6.07 Å². The molecule has 0 bridgehead atoms. The summed E-state index contributed by atoms with van der Waals surface area (Å²) in [4.78, 5) is 7.42. The second-order valence-corrected chi connectivity index (χ2v) is 7.09. The van der Waals surface area contributed by atoms with E-state index in [1.807, 2.05) is 0 Å². The van der Waals surface area contributed by atoms with E-state index in [1.54, 1.807) is 0 Å². The van der Waals surface area contributed by atoms with Gasteiger partial charge in [0.25, 0.3) is 0 Å². The van der Waals surface area contributed by atoms with Gasteiger partial charge in [0, 0.05) is 36.4 Å². The van der Waals surface area contributed by atoms with E-state index in [9.17, 15) is 0 Å². The van der Waals surface area contributed by atoms with Crippen molar-refractivity contribution in [2.75, 3.05) is 11.4 Å². The van der Waals surface area contributed by atoms with Crippen molar-refractivity contribution in [2.45, 2.75) is 73.0 Å². The molecule has 0 radical (unpaired) electrons. The Kier molecular flexibility index (Phi) is 5.26. The predicted molar refractivity (Wildman–Crippen MR) is 90.9 cm³/mol. The first-order valence-electron chi connectivity index (χ1n) is 8.35. The van der Waals surface area contributed by atoms with Gasteiger partial charge in [-0.1, -0.05) is 20.8 Å². The average molecular weight is 289 g/mol. The lowest BCUT2D eigenvalue weighted by molar-refractivity contribution is 0.375. The van der Waals surface area contributed by atoms with Crippen molar-refractivity contribution in [3.05, 3.63) is 22.9 Å². The van der Waals surface area contributed by atoms with Gasteiger partial charge in [-0.15, -0.1) is 0 Å². The maximum absolute atomic E-state index is 4.90. The van der Waals surface area contributed by atoms with Crippen molar-refractivity contribution in [3.63, 3.8) is 0 Å². The fourth-order valence-corrected chi connectivity index (χ4v) is 3.33. The van der Waals surface area contributed by atoms with E-state index in [0.717, 1.165) is 24.7 Å². The normalized spacial score (nSPS) is 22.9. The highest BCUT2D eigenvalue weighted by molar-refractivity contribution is 5.52. The fourth-order valence-electron chi connectivity index (χ4n) is 3.33. The number of nitrogens with one attached hydrogen (secondary N) is 1. The van der Waals surface area contributed by atoms with Gasteiger partial charge in [-0.2, -0.15) is 0 Å². The van der Waals surface area contributed by atoms with E-state index < -0.39 is 0 Å². The average Bonchev–Trinajstić information content (AvgIpc) is 2.36. The summed E-state index contributed by atoms with van der Waals surface area (Å²) in [6, 6.07) is 3.29. The van der Waals surface area contributed by atoms with Crippen molar-refractivity contribution in [1.82, 2.24) is 10.3 Å². The SMILES string of the molecule is Cc1cc(C)c(CNC(C)C)c(N2CCC(C)CC2C)n1. The Morgan fingerprint density at radius 2 is 2.05 bits per heavy atom. The van der Waals surface area contributed by atoms with E-state index in [4.69, 9.17) is 4.98 Å². The molecule has 2 heterocycles. The molecular weight excluding hydrogens is 258 g/mol. The number of rotatable bonds is 4. The summed E-state index contributed by atoms with van der Waals surface area (Å²) < 4.78 is 0. The van der Waals surface area contributed by atoms with Crippen LogP contribution in [0.1, 0.15) is 57.4 Å². The first kappa shape index (κ1) is 16.3. The molecule has 1 N–H and O–H groups in total.